The van der Waals surface area contributed by atoms with Crippen LogP contribution in [-0.4, -0.2) is 141 Å². The molecule has 15 nitrogen and oxygen atoms in total. The number of ether oxygens (including phenoxy) is 5. The molecule has 0 radical (unpaired) electrons. The lowest BCUT2D eigenvalue weighted by Crippen LogP contribution is -2.65. The van der Waals surface area contributed by atoms with Crippen molar-refractivity contribution < 1.29 is 64.2 Å². The van der Waals surface area contributed by atoms with Crippen LogP contribution in [0.1, 0.15) is 25.8 Å². The van der Waals surface area contributed by atoms with Crippen LogP contribution < -0.4 is 10.6 Å². The van der Waals surface area contributed by atoms with Gasteiger partial charge in [0, 0.05) is 18.5 Å². The van der Waals surface area contributed by atoms with Gasteiger partial charge in [0.15, 0.2) is 12.6 Å². The molecule has 1 amide bonds. The highest BCUT2D eigenvalue weighted by Gasteiger charge is 2.52. The molecule has 2 heterocycles. The van der Waals surface area contributed by atoms with Gasteiger partial charge < -0.3 is 70.1 Å². The van der Waals surface area contributed by atoms with Gasteiger partial charge in [-0.05, 0) is 17.9 Å². The molecule has 2 saturated heterocycles. The molecule has 1 saturated carbocycles. The first kappa shape index (κ1) is 36.4. The Labute approximate surface area is 267 Å². The molecular formula is C31H46N2O13. The molecule has 15 atom stereocenters. The summed E-state index contributed by atoms with van der Waals surface area (Å²) >= 11 is 0. The lowest BCUT2D eigenvalue weighted by molar-refractivity contribution is -0.339. The minimum atomic E-state index is -1.72. The van der Waals surface area contributed by atoms with Crippen LogP contribution in [-0.2, 0) is 30.3 Å². The summed E-state index contributed by atoms with van der Waals surface area (Å²) in [6, 6.07) is 8.45. The number of alkyl carbamates (subject to hydrolysis) is 1. The van der Waals surface area contributed by atoms with Gasteiger partial charge in [0.2, 0.25) is 0 Å². The maximum absolute atomic E-state index is 12.3. The normalized spacial score (nSPS) is 41.3. The van der Waals surface area contributed by atoms with E-state index in [9.17, 15) is 40.5 Å². The molecule has 0 spiro atoms. The molecule has 9 N–H and O–H groups in total. The van der Waals surface area contributed by atoms with Crippen LogP contribution in [0.3, 0.4) is 0 Å². The fourth-order valence-electron chi connectivity index (χ4n) is 6.06. The van der Waals surface area contributed by atoms with Gasteiger partial charge in [-0.1, -0.05) is 50.1 Å². The smallest absolute Gasteiger partial charge is 0.407 e. The minimum Gasteiger partial charge on any atom is -0.445 e. The number of aliphatic hydroxyl groups is 7. The Hall–Kier alpha value is -2.43. The van der Waals surface area contributed by atoms with Crippen molar-refractivity contribution >= 4 is 6.09 Å². The lowest BCUT2D eigenvalue weighted by atomic mass is 9.79. The number of carbonyl (C=O) groups is 1. The Balaban J connectivity index is 1.43. The topological polar surface area (TPSA) is 229 Å². The van der Waals surface area contributed by atoms with Crippen molar-refractivity contribution in [2.75, 3.05) is 19.7 Å². The number of aliphatic hydroxyl groups excluding tert-OH is 7. The van der Waals surface area contributed by atoms with Crippen molar-refractivity contribution in [1.29, 1.82) is 0 Å². The number of rotatable bonds is 11. The number of hydrogen-bond acceptors (Lipinski definition) is 14. The van der Waals surface area contributed by atoms with Gasteiger partial charge in [-0.3, -0.25) is 0 Å². The SMILES string of the molecule is C#CCN[C@@H]1CC(C)[C@@H](O[C@H]2OC(CNC(=O)OCc3ccccc3)[C@@H](O)C(O)[C@@H]2O)C(O)[C@@H]1OC1O[C@H](CO)[C@@H](O)C(C)[C@H]1O. The van der Waals surface area contributed by atoms with Crippen LogP contribution >= 0.6 is 0 Å². The van der Waals surface area contributed by atoms with Crippen molar-refractivity contribution in [3.05, 3.63) is 35.9 Å². The quantitative estimate of drug-likeness (QED) is 0.113. The number of carbonyl (C=O) groups excluding carboxylic acids is 1. The van der Waals surface area contributed by atoms with Crippen LogP contribution in [0.4, 0.5) is 4.79 Å². The highest BCUT2D eigenvalue weighted by molar-refractivity contribution is 5.67. The van der Waals surface area contributed by atoms with Crippen molar-refractivity contribution in [2.45, 2.75) is 107 Å². The Bertz CT molecular complexity index is 1140. The van der Waals surface area contributed by atoms with Gasteiger partial charge in [0.1, 0.15) is 55.4 Å². The van der Waals surface area contributed by atoms with Crippen LogP contribution in [0.2, 0.25) is 0 Å². The fourth-order valence-corrected chi connectivity index (χ4v) is 6.06. The molecule has 0 aromatic heterocycles. The summed E-state index contributed by atoms with van der Waals surface area (Å²) in [6.07, 6.45) is -11.2. The maximum atomic E-state index is 12.3. The third-order valence-corrected chi connectivity index (χ3v) is 8.86. The highest BCUT2D eigenvalue weighted by atomic mass is 16.7. The van der Waals surface area contributed by atoms with E-state index in [1.54, 1.807) is 38.1 Å². The predicted octanol–water partition coefficient (Wildman–Crippen LogP) is -2.44. The fraction of sp³-hybridized carbons (Fsp3) is 0.710. The van der Waals surface area contributed by atoms with Gasteiger partial charge in [0.05, 0.1) is 25.4 Å². The molecule has 4 rings (SSSR count). The molecule has 15 heteroatoms. The van der Waals surface area contributed by atoms with Crippen LogP contribution in [0.5, 0.6) is 0 Å². The molecule has 1 aromatic carbocycles. The number of amides is 1. The third kappa shape index (κ3) is 8.53. The minimum absolute atomic E-state index is 0.00872. The molecule has 3 aliphatic rings. The summed E-state index contributed by atoms with van der Waals surface area (Å²) in [5.74, 6) is 1.36. The summed E-state index contributed by atoms with van der Waals surface area (Å²) in [6.45, 7) is 2.68. The molecule has 0 bridgehead atoms. The van der Waals surface area contributed by atoms with Gasteiger partial charge in [0.25, 0.3) is 0 Å². The van der Waals surface area contributed by atoms with E-state index >= 15 is 0 Å². The highest BCUT2D eigenvalue weighted by Crippen LogP contribution is 2.35. The lowest BCUT2D eigenvalue weighted by Gasteiger charge is -2.49. The summed E-state index contributed by atoms with van der Waals surface area (Å²) < 4.78 is 28.7. The number of hydrogen-bond donors (Lipinski definition) is 9. The largest absolute Gasteiger partial charge is 0.445 e. The zero-order valence-corrected chi connectivity index (χ0v) is 25.7. The average Bonchev–Trinajstić information content (AvgIpc) is 3.05. The van der Waals surface area contributed by atoms with E-state index in [-0.39, 0.29) is 19.7 Å². The van der Waals surface area contributed by atoms with Crippen LogP contribution in [0.15, 0.2) is 30.3 Å². The van der Waals surface area contributed by atoms with E-state index in [4.69, 9.17) is 30.1 Å². The summed E-state index contributed by atoms with van der Waals surface area (Å²) in [5, 5.41) is 79.8. The van der Waals surface area contributed by atoms with Crippen molar-refractivity contribution in [3.8, 4) is 12.3 Å². The predicted molar refractivity (Wildman–Crippen MR) is 158 cm³/mol. The second-order valence-electron chi connectivity index (χ2n) is 12.1. The Morgan fingerprint density at radius 2 is 1.54 bits per heavy atom. The Morgan fingerprint density at radius 3 is 2.22 bits per heavy atom. The monoisotopic (exact) mass is 654 g/mol. The first-order chi connectivity index (χ1) is 22.0. The number of nitrogens with one attached hydrogen (secondary N) is 2. The molecule has 258 valence electrons. The summed E-state index contributed by atoms with van der Waals surface area (Å²) in [5.41, 5.74) is 0.766. The van der Waals surface area contributed by atoms with E-state index in [0.29, 0.717) is 6.42 Å². The van der Waals surface area contributed by atoms with E-state index in [2.05, 4.69) is 16.6 Å². The second kappa shape index (κ2) is 16.6. The zero-order chi connectivity index (χ0) is 33.5. The molecule has 1 aliphatic carbocycles. The molecule has 46 heavy (non-hydrogen) atoms. The van der Waals surface area contributed by atoms with E-state index in [1.165, 1.54) is 0 Å². The first-order valence-electron chi connectivity index (χ1n) is 15.4. The van der Waals surface area contributed by atoms with Crippen molar-refractivity contribution in [1.82, 2.24) is 10.6 Å². The molecule has 2 aliphatic heterocycles. The van der Waals surface area contributed by atoms with Crippen LogP contribution in [0.25, 0.3) is 0 Å². The standard InChI is InChI=1S/C31H46N2O13/c1-4-10-32-18-11-15(2)27(26(40)28(18)46-29-22(36)16(3)21(35)20(13-34)44-29)45-30-25(39)24(38)23(37)19(43-30)12-33-31(41)42-14-17-8-6-5-7-9-17/h1,5-9,15-16,18-30,32,34-40H,10-14H2,2-3H3,(H,33,41)/t15?,16?,18-,19?,20-,21+,22-,23-,24?,25+,26?,27-,28-,29?,30-/m1/s1. The van der Waals surface area contributed by atoms with Crippen LogP contribution in [0, 0.1) is 24.2 Å². The second-order valence-corrected chi connectivity index (χ2v) is 12.1. The average molecular weight is 655 g/mol. The Kier molecular flexibility index (Phi) is 13.1. The van der Waals surface area contributed by atoms with Crippen molar-refractivity contribution in [3.63, 3.8) is 0 Å². The summed E-state index contributed by atoms with van der Waals surface area (Å²) in [4.78, 5) is 12.3. The molecule has 1 aromatic rings. The molecular weight excluding hydrogens is 608 g/mol. The van der Waals surface area contributed by atoms with E-state index < -0.39 is 104 Å². The molecule has 3 fully saturated rings. The zero-order valence-electron chi connectivity index (χ0n) is 25.7. The number of terminal acetylenes is 1. The Morgan fingerprint density at radius 1 is 0.891 bits per heavy atom. The van der Waals surface area contributed by atoms with Gasteiger partial charge in [-0.25, -0.2) is 4.79 Å². The number of benzene rings is 1. The van der Waals surface area contributed by atoms with Gasteiger partial charge in [-0.2, -0.15) is 0 Å². The van der Waals surface area contributed by atoms with Crippen molar-refractivity contribution in [2.24, 2.45) is 11.8 Å². The molecule has 6 unspecified atom stereocenters. The maximum Gasteiger partial charge on any atom is 0.407 e. The van der Waals surface area contributed by atoms with E-state index in [0.717, 1.165) is 5.56 Å². The van der Waals surface area contributed by atoms with Gasteiger partial charge in [-0.15, -0.1) is 6.42 Å². The summed E-state index contributed by atoms with van der Waals surface area (Å²) in [7, 11) is 0. The van der Waals surface area contributed by atoms with Gasteiger partial charge >= 0.3 is 6.09 Å². The van der Waals surface area contributed by atoms with E-state index in [1.807, 2.05) is 6.07 Å². The first-order valence-corrected chi connectivity index (χ1v) is 15.4. The third-order valence-electron chi connectivity index (χ3n) is 8.86.